The van der Waals surface area contributed by atoms with E-state index in [1.165, 1.54) is 69.8 Å². The van der Waals surface area contributed by atoms with Gasteiger partial charge in [0.25, 0.3) is 0 Å². The summed E-state index contributed by atoms with van der Waals surface area (Å²) in [6, 6.07) is 10.1. The zero-order valence-corrected chi connectivity index (χ0v) is 21.6. The van der Waals surface area contributed by atoms with Crippen LogP contribution in [0.1, 0.15) is 108 Å². The van der Waals surface area contributed by atoms with Gasteiger partial charge >= 0.3 is 0 Å². The van der Waals surface area contributed by atoms with Crippen molar-refractivity contribution in [1.29, 1.82) is 0 Å². The Labute approximate surface area is 207 Å². The highest BCUT2D eigenvalue weighted by Crippen LogP contribution is 2.39. The molecule has 0 spiro atoms. The van der Waals surface area contributed by atoms with Gasteiger partial charge in [0, 0.05) is 0 Å². The lowest BCUT2D eigenvalue weighted by atomic mass is 9.85. The van der Waals surface area contributed by atoms with E-state index in [0.29, 0.717) is 18.8 Å². The smallest absolute Gasteiger partial charge is 0.168 e. The Hall–Kier alpha value is -2.03. The van der Waals surface area contributed by atoms with Crippen molar-refractivity contribution in [3.63, 3.8) is 0 Å². The van der Waals surface area contributed by atoms with Gasteiger partial charge in [0.2, 0.25) is 0 Å². The van der Waals surface area contributed by atoms with E-state index in [0.717, 1.165) is 54.7 Å². The SMILES string of the molecule is CCCCCCCCCCOc1ccc2c(c1)CCc1c-2ccc(OCCCCCCC)c1F. The minimum absolute atomic E-state index is 0.174. The second-order valence-corrected chi connectivity index (χ2v) is 9.81. The van der Waals surface area contributed by atoms with Crippen LogP contribution >= 0.6 is 0 Å². The van der Waals surface area contributed by atoms with Gasteiger partial charge < -0.3 is 9.47 Å². The number of hydrogen-bond acceptors (Lipinski definition) is 2. The van der Waals surface area contributed by atoms with E-state index >= 15 is 4.39 Å². The number of ether oxygens (including phenoxy) is 2. The summed E-state index contributed by atoms with van der Waals surface area (Å²) in [5.74, 6) is 1.17. The largest absolute Gasteiger partial charge is 0.494 e. The summed E-state index contributed by atoms with van der Waals surface area (Å²) in [6.07, 6.45) is 17.9. The molecule has 0 saturated heterocycles. The summed E-state index contributed by atoms with van der Waals surface area (Å²) in [4.78, 5) is 0. The standard InChI is InChI=1S/C31H45FO2/c1-3-5-7-9-10-11-13-14-22-33-26-17-19-27-25(24-26)16-18-29-28(27)20-21-30(31(29)32)34-23-15-12-8-6-4-2/h17,19-21,24H,3-16,18,22-23H2,1-2H3. The molecule has 0 radical (unpaired) electrons. The van der Waals surface area contributed by atoms with Gasteiger partial charge in [-0.3, -0.25) is 0 Å². The Kier molecular flexibility index (Phi) is 11.8. The van der Waals surface area contributed by atoms with Crippen LogP contribution in [0.5, 0.6) is 11.5 Å². The normalized spacial score (nSPS) is 12.3. The molecule has 1 aliphatic rings. The summed E-state index contributed by atoms with van der Waals surface area (Å²) in [7, 11) is 0. The molecule has 0 atom stereocenters. The van der Waals surface area contributed by atoms with Crippen molar-refractivity contribution in [3.8, 4) is 22.6 Å². The highest BCUT2D eigenvalue weighted by Gasteiger charge is 2.22. The summed E-state index contributed by atoms with van der Waals surface area (Å²) >= 11 is 0. The highest BCUT2D eigenvalue weighted by atomic mass is 19.1. The average molecular weight is 469 g/mol. The van der Waals surface area contributed by atoms with Gasteiger partial charge in [-0.15, -0.1) is 0 Å². The number of hydrogen-bond donors (Lipinski definition) is 0. The first-order valence-electron chi connectivity index (χ1n) is 13.9. The van der Waals surface area contributed by atoms with Gasteiger partial charge in [-0.2, -0.15) is 0 Å². The highest BCUT2D eigenvalue weighted by molar-refractivity contribution is 5.75. The second-order valence-electron chi connectivity index (χ2n) is 9.81. The molecule has 2 nitrogen and oxygen atoms in total. The fraction of sp³-hybridized carbons (Fsp3) is 0.613. The Balaban J connectivity index is 1.47. The van der Waals surface area contributed by atoms with E-state index in [-0.39, 0.29) is 5.82 Å². The van der Waals surface area contributed by atoms with Crippen LogP contribution in [0, 0.1) is 5.82 Å². The fourth-order valence-electron chi connectivity index (χ4n) is 4.91. The average Bonchev–Trinajstić information content (AvgIpc) is 2.86. The summed E-state index contributed by atoms with van der Waals surface area (Å²) in [6.45, 7) is 5.84. The van der Waals surface area contributed by atoms with Crippen molar-refractivity contribution in [2.45, 2.75) is 110 Å². The zero-order chi connectivity index (χ0) is 24.0. The van der Waals surface area contributed by atoms with Gasteiger partial charge in [-0.1, -0.05) is 96.6 Å². The van der Waals surface area contributed by atoms with Crippen molar-refractivity contribution in [2.24, 2.45) is 0 Å². The number of unbranched alkanes of at least 4 members (excludes halogenated alkanes) is 11. The van der Waals surface area contributed by atoms with Crippen molar-refractivity contribution < 1.29 is 13.9 Å². The zero-order valence-electron chi connectivity index (χ0n) is 21.6. The molecule has 0 unspecified atom stereocenters. The summed E-state index contributed by atoms with van der Waals surface area (Å²) in [5, 5.41) is 0. The summed E-state index contributed by atoms with van der Waals surface area (Å²) in [5.41, 5.74) is 4.18. The van der Waals surface area contributed by atoms with Crippen LogP contribution in [0.15, 0.2) is 30.3 Å². The number of rotatable bonds is 17. The van der Waals surface area contributed by atoms with Crippen LogP contribution in [0.2, 0.25) is 0 Å². The molecule has 0 N–H and O–H groups in total. The van der Waals surface area contributed by atoms with Crippen LogP contribution in [0.3, 0.4) is 0 Å². The lowest BCUT2D eigenvalue weighted by molar-refractivity contribution is 0.289. The number of fused-ring (bicyclic) bond motifs is 3. The van der Waals surface area contributed by atoms with Crippen LogP contribution < -0.4 is 9.47 Å². The van der Waals surface area contributed by atoms with Crippen molar-refractivity contribution in [1.82, 2.24) is 0 Å². The molecule has 3 rings (SSSR count). The first-order valence-corrected chi connectivity index (χ1v) is 13.9. The van der Waals surface area contributed by atoms with Crippen LogP contribution in [-0.4, -0.2) is 13.2 Å². The van der Waals surface area contributed by atoms with Crippen LogP contribution in [0.4, 0.5) is 4.39 Å². The molecule has 3 heteroatoms. The van der Waals surface area contributed by atoms with Crippen molar-refractivity contribution >= 4 is 0 Å². The second kappa shape index (κ2) is 15.1. The lowest BCUT2D eigenvalue weighted by Crippen LogP contribution is -2.09. The molecule has 0 fully saturated rings. The number of halogens is 1. The Morgan fingerprint density at radius 3 is 1.91 bits per heavy atom. The molecule has 2 aromatic rings. The Morgan fingerprint density at radius 1 is 0.647 bits per heavy atom. The van der Waals surface area contributed by atoms with Crippen LogP contribution in [-0.2, 0) is 12.8 Å². The maximum absolute atomic E-state index is 15.2. The third kappa shape index (κ3) is 8.03. The van der Waals surface area contributed by atoms with E-state index < -0.39 is 0 Å². The molecule has 0 saturated carbocycles. The fourth-order valence-corrected chi connectivity index (χ4v) is 4.91. The molecular weight excluding hydrogens is 423 g/mol. The van der Waals surface area contributed by atoms with Gasteiger partial charge in [0.1, 0.15) is 5.75 Å². The molecule has 0 amide bonds. The molecule has 0 aliphatic heterocycles. The minimum atomic E-state index is -0.174. The monoisotopic (exact) mass is 468 g/mol. The Bertz CT molecular complexity index is 861. The first-order chi connectivity index (χ1) is 16.7. The minimum Gasteiger partial charge on any atom is -0.494 e. The predicted molar refractivity (Wildman–Crippen MR) is 142 cm³/mol. The third-order valence-electron chi connectivity index (χ3n) is 6.99. The van der Waals surface area contributed by atoms with E-state index in [4.69, 9.17) is 9.47 Å². The first kappa shape index (κ1) is 26.6. The van der Waals surface area contributed by atoms with E-state index in [2.05, 4.69) is 26.0 Å². The van der Waals surface area contributed by atoms with Gasteiger partial charge in [-0.05, 0) is 66.1 Å². The number of aryl methyl sites for hydroxylation is 1. The molecular formula is C31H45FO2. The molecule has 0 heterocycles. The van der Waals surface area contributed by atoms with Gasteiger partial charge in [0.15, 0.2) is 11.6 Å². The summed E-state index contributed by atoms with van der Waals surface area (Å²) < 4.78 is 27.0. The van der Waals surface area contributed by atoms with Gasteiger partial charge in [0.05, 0.1) is 13.2 Å². The van der Waals surface area contributed by atoms with Crippen molar-refractivity contribution in [2.75, 3.05) is 13.2 Å². The molecule has 0 aromatic heterocycles. The molecule has 2 aromatic carbocycles. The maximum atomic E-state index is 15.2. The van der Waals surface area contributed by atoms with E-state index in [1.54, 1.807) is 0 Å². The molecule has 34 heavy (non-hydrogen) atoms. The van der Waals surface area contributed by atoms with E-state index in [9.17, 15) is 0 Å². The predicted octanol–water partition coefficient (Wildman–Crippen LogP) is 9.46. The van der Waals surface area contributed by atoms with Gasteiger partial charge in [-0.25, -0.2) is 4.39 Å². The topological polar surface area (TPSA) is 18.5 Å². The quantitative estimate of drug-likeness (QED) is 0.215. The maximum Gasteiger partial charge on any atom is 0.168 e. The van der Waals surface area contributed by atoms with E-state index in [1.807, 2.05) is 18.2 Å². The molecule has 0 bridgehead atoms. The van der Waals surface area contributed by atoms with Crippen molar-refractivity contribution in [3.05, 3.63) is 47.3 Å². The van der Waals surface area contributed by atoms with Crippen LogP contribution in [0.25, 0.3) is 11.1 Å². The Morgan fingerprint density at radius 2 is 1.24 bits per heavy atom. The molecule has 1 aliphatic carbocycles. The lowest BCUT2D eigenvalue weighted by Gasteiger charge is -2.22. The number of benzene rings is 2. The third-order valence-corrected chi connectivity index (χ3v) is 6.99. The molecule has 188 valence electrons.